The van der Waals surface area contributed by atoms with Crippen LogP contribution in [0.15, 0.2) is 18.2 Å². The third kappa shape index (κ3) is 2.76. The van der Waals surface area contributed by atoms with Crippen molar-refractivity contribution in [1.82, 2.24) is 5.32 Å². The van der Waals surface area contributed by atoms with Crippen LogP contribution >= 0.6 is 0 Å². The van der Waals surface area contributed by atoms with Gasteiger partial charge in [-0.3, -0.25) is 0 Å². The van der Waals surface area contributed by atoms with Crippen LogP contribution in [-0.4, -0.2) is 19.3 Å². The van der Waals surface area contributed by atoms with Crippen molar-refractivity contribution in [3.8, 4) is 0 Å². The van der Waals surface area contributed by atoms with Gasteiger partial charge in [0.1, 0.15) is 0 Å². The second kappa shape index (κ2) is 5.02. The topological polar surface area (TPSA) is 21.3 Å². The van der Waals surface area contributed by atoms with Gasteiger partial charge in [0, 0.05) is 6.54 Å². The summed E-state index contributed by atoms with van der Waals surface area (Å²) in [5, 5.41) is 3.58. The highest BCUT2D eigenvalue weighted by Crippen LogP contribution is 2.30. The van der Waals surface area contributed by atoms with E-state index in [1.807, 2.05) is 0 Å². The van der Waals surface area contributed by atoms with Crippen LogP contribution in [0.25, 0.3) is 0 Å². The third-order valence-corrected chi connectivity index (χ3v) is 3.80. The zero-order valence-corrected chi connectivity index (χ0v) is 12.2. The quantitative estimate of drug-likeness (QED) is 0.822. The molecule has 1 aliphatic rings. The summed E-state index contributed by atoms with van der Waals surface area (Å²) >= 11 is 0. The molecule has 0 spiro atoms. The summed E-state index contributed by atoms with van der Waals surface area (Å²) < 4.78 is 5.76. The Morgan fingerprint density at radius 3 is 2.61 bits per heavy atom. The Morgan fingerprint density at radius 2 is 2.00 bits per heavy atom. The molecule has 2 heteroatoms. The second-order valence-electron chi connectivity index (χ2n) is 6.33. The zero-order chi connectivity index (χ0) is 13.3. The molecular weight excluding hydrogens is 222 g/mol. The molecule has 0 aromatic heterocycles. The summed E-state index contributed by atoms with van der Waals surface area (Å²) in [7, 11) is 0. The maximum Gasteiger partial charge on any atom is 0.0742 e. The van der Waals surface area contributed by atoms with Crippen molar-refractivity contribution >= 4 is 0 Å². The van der Waals surface area contributed by atoms with Crippen molar-refractivity contribution < 1.29 is 4.74 Å². The van der Waals surface area contributed by atoms with Gasteiger partial charge < -0.3 is 10.1 Å². The van der Waals surface area contributed by atoms with Gasteiger partial charge in [-0.15, -0.1) is 0 Å². The molecule has 1 saturated heterocycles. The Bertz CT molecular complexity index is 420. The van der Waals surface area contributed by atoms with E-state index < -0.39 is 0 Å². The smallest absolute Gasteiger partial charge is 0.0742 e. The fourth-order valence-corrected chi connectivity index (χ4v) is 2.53. The number of rotatable bonds is 1. The van der Waals surface area contributed by atoms with E-state index in [2.05, 4.69) is 58.1 Å². The normalized spacial score (nSPS) is 25.2. The van der Waals surface area contributed by atoms with Gasteiger partial charge in [-0.2, -0.15) is 0 Å². The molecule has 1 aromatic carbocycles. The van der Waals surface area contributed by atoms with Gasteiger partial charge in [-0.1, -0.05) is 39.0 Å². The van der Waals surface area contributed by atoms with Crippen molar-refractivity contribution in [2.45, 2.75) is 52.2 Å². The number of morpholine rings is 1. The zero-order valence-electron chi connectivity index (χ0n) is 12.2. The van der Waals surface area contributed by atoms with Gasteiger partial charge in [0.15, 0.2) is 0 Å². The summed E-state index contributed by atoms with van der Waals surface area (Å²) in [6.07, 6.45) is 0.243. The standard InChI is InChI=1S/C16H25NO/c1-11-6-7-13(16(3,4)5)10-14(11)15-12(2)18-9-8-17-15/h6-7,10,12,15,17H,8-9H2,1-5H3. The molecule has 0 radical (unpaired) electrons. The minimum Gasteiger partial charge on any atom is -0.375 e. The van der Waals surface area contributed by atoms with Gasteiger partial charge in [0.25, 0.3) is 0 Å². The number of aryl methyl sites for hydroxylation is 1. The molecule has 2 rings (SSSR count). The molecule has 1 aliphatic heterocycles. The molecule has 100 valence electrons. The van der Waals surface area contributed by atoms with E-state index in [-0.39, 0.29) is 11.5 Å². The van der Waals surface area contributed by atoms with Crippen LogP contribution in [0.5, 0.6) is 0 Å². The average molecular weight is 247 g/mol. The minimum absolute atomic E-state index is 0.196. The number of hydrogen-bond acceptors (Lipinski definition) is 2. The maximum absolute atomic E-state index is 5.76. The van der Waals surface area contributed by atoms with Crippen molar-refractivity contribution in [1.29, 1.82) is 0 Å². The van der Waals surface area contributed by atoms with E-state index in [0.29, 0.717) is 6.04 Å². The summed E-state index contributed by atoms with van der Waals surface area (Å²) in [4.78, 5) is 0. The van der Waals surface area contributed by atoms with Crippen LogP contribution in [0.4, 0.5) is 0 Å². The predicted octanol–water partition coefficient (Wildman–Crippen LogP) is 3.34. The lowest BCUT2D eigenvalue weighted by molar-refractivity contribution is 0.00735. The highest BCUT2D eigenvalue weighted by Gasteiger charge is 2.25. The molecule has 1 fully saturated rings. The monoisotopic (exact) mass is 247 g/mol. The fraction of sp³-hybridized carbons (Fsp3) is 0.625. The van der Waals surface area contributed by atoms with Crippen LogP contribution in [-0.2, 0) is 10.2 Å². The molecule has 1 aromatic rings. The first-order valence-electron chi connectivity index (χ1n) is 6.85. The molecule has 18 heavy (non-hydrogen) atoms. The lowest BCUT2D eigenvalue weighted by Crippen LogP contribution is -2.40. The Morgan fingerprint density at radius 1 is 1.28 bits per heavy atom. The summed E-state index contributed by atoms with van der Waals surface area (Å²) in [6.45, 7) is 12.9. The SMILES string of the molecule is Cc1ccc(C(C)(C)C)cc1C1NCCOC1C. The van der Waals surface area contributed by atoms with Crippen molar-refractivity contribution in [3.63, 3.8) is 0 Å². The van der Waals surface area contributed by atoms with Crippen molar-refractivity contribution in [2.75, 3.05) is 13.2 Å². The molecule has 2 unspecified atom stereocenters. The van der Waals surface area contributed by atoms with E-state index in [4.69, 9.17) is 4.74 Å². The molecule has 0 bridgehead atoms. The molecule has 2 atom stereocenters. The number of nitrogens with one attached hydrogen (secondary N) is 1. The lowest BCUT2D eigenvalue weighted by atomic mass is 9.83. The van der Waals surface area contributed by atoms with E-state index in [1.165, 1.54) is 16.7 Å². The van der Waals surface area contributed by atoms with Crippen LogP contribution in [0.3, 0.4) is 0 Å². The first-order chi connectivity index (χ1) is 8.39. The number of hydrogen-bond donors (Lipinski definition) is 1. The number of ether oxygens (including phenoxy) is 1. The molecule has 1 heterocycles. The lowest BCUT2D eigenvalue weighted by Gasteiger charge is -2.32. The highest BCUT2D eigenvalue weighted by molar-refractivity contribution is 5.37. The van der Waals surface area contributed by atoms with E-state index >= 15 is 0 Å². The highest BCUT2D eigenvalue weighted by atomic mass is 16.5. The first kappa shape index (κ1) is 13.6. The maximum atomic E-state index is 5.76. The van der Waals surface area contributed by atoms with Crippen LogP contribution in [0, 0.1) is 6.92 Å². The van der Waals surface area contributed by atoms with Gasteiger partial charge in [-0.05, 0) is 36.0 Å². The van der Waals surface area contributed by atoms with Crippen LogP contribution < -0.4 is 5.32 Å². The summed E-state index contributed by atoms with van der Waals surface area (Å²) in [6, 6.07) is 7.14. The first-order valence-corrected chi connectivity index (χ1v) is 6.85. The fourth-order valence-electron chi connectivity index (χ4n) is 2.53. The van der Waals surface area contributed by atoms with Gasteiger partial charge in [0.05, 0.1) is 18.8 Å². The molecular formula is C16H25NO. The Hall–Kier alpha value is -0.860. The number of benzene rings is 1. The Balaban J connectivity index is 2.37. The van der Waals surface area contributed by atoms with Gasteiger partial charge in [-0.25, -0.2) is 0 Å². The Kier molecular flexibility index (Phi) is 3.79. The van der Waals surface area contributed by atoms with E-state index in [0.717, 1.165) is 13.2 Å². The molecule has 2 nitrogen and oxygen atoms in total. The van der Waals surface area contributed by atoms with Crippen LogP contribution in [0.1, 0.15) is 50.4 Å². The second-order valence-corrected chi connectivity index (χ2v) is 6.33. The van der Waals surface area contributed by atoms with Crippen molar-refractivity contribution in [3.05, 3.63) is 34.9 Å². The molecule has 0 amide bonds. The molecule has 1 N–H and O–H groups in total. The van der Waals surface area contributed by atoms with Crippen molar-refractivity contribution in [2.24, 2.45) is 0 Å². The van der Waals surface area contributed by atoms with E-state index in [9.17, 15) is 0 Å². The predicted molar refractivity (Wildman–Crippen MR) is 76.0 cm³/mol. The average Bonchev–Trinajstić information content (AvgIpc) is 2.29. The third-order valence-electron chi connectivity index (χ3n) is 3.80. The summed E-state index contributed by atoms with van der Waals surface area (Å²) in [5.74, 6) is 0. The summed E-state index contributed by atoms with van der Waals surface area (Å²) in [5.41, 5.74) is 4.32. The largest absolute Gasteiger partial charge is 0.375 e. The van der Waals surface area contributed by atoms with Gasteiger partial charge >= 0.3 is 0 Å². The van der Waals surface area contributed by atoms with Gasteiger partial charge in [0.2, 0.25) is 0 Å². The van der Waals surface area contributed by atoms with E-state index in [1.54, 1.807) is 0 Å². The molecule has 0 saturated carbocycles. The van der Waals surface area contributed by atoms with Crippen LogP contribution in [0.2, 0.25) is 0 Å². The minimum atomic E-state index is 0.196. The molecule has 0 aliphatic carbocycles. The Labute approximate surface area is 111 Å².